The quantitative estimate of drug-likeness (QED) is 0.688. The van der Waals surface area contributed by atoms with Gasteiger partial charge in [0.15, 0.2) is 5.76 Å². The van der Waals surface area contributed by atoms with Crippen LogP contribution < -0.4 is 5.32 Å². The summed E-state index contributed by atoms with van der Waals surface area (Å²) in [6, 6.07) is 3.47. The van der Waals surface area contributed by atoms with Crippen LogP contribution in [0.4, 0.5) is 5.00 Å². The third-order valence-corrected chi connectivity index (χ3v) is 6.84. The number of esters is 1. The largest absolute Gasteiger partial charge is 0.462 e. The number of rotatable bonds is 6. The maximum atomic E-state index is 12.7. The van der Waals surface area contributed by atoms with Crippen LogP contribution in [0.15, 0.2) is 16.5 Å². The molecule has 2 amide bonds. The van der Waals surface area contributed by atoms with Crippen LogP contribution in [0.2, 0.25) is 0 Å². The second-order valence-electron chi connectivity index (χ2n) is 7.81. The normalized spacial score (nSPS) is 16.3. The lowest BCUT2D eigenvalue weighted by Gasteiger charge is -2.33. The number of aryl methyl sites for hydroxylation is 2. The van der Waals surface area contributed by atoms with Gasteiger partial charge in [-0.15, -0.1) is 11.3 Å². The van der Waals surface area contributed by atoms with Gasteiger partial charge < -0.3 is 19.4 Å². The van der Waals surface area contributed by atoms with Crippen molar-refractivity contribution in [3.63, 3.8) is 0 Å². The van der Waals surface area contributed by atoms with Gasteiger partial charge in [-0.25, -0.2) is 4.79 Å². The van der Waals surface area contributed by atoms with Gasteiger partial charge in [0.25, 0.3) is 5.91 Å². The minimum Gasteiger partial charge on any atom is -0.462 e. The van der Waals surface area contributed by atoms with Crippen molar-refractivity contribution in [2.24, 2.45) is 0 Å². The molecule has 1 N–H and O–H groups in total. The van der Waals surface area contributed by atoms with Gasteiger partial charge in [-0.3, -0.25) is 14.5 Å². The van der Waals surface area contributed by atoms with Crippen molar-refractivity contribution < 1.29 is 23.5 Å². The molecule has 8 nitrogen and oxygen atoms in total. The fourth-order valence-electron chi connectivity index (χ4n) is 4.10. The Kier molecular flexibility index (Phi) is 6.43. The number of amides is 2. The molecule has 3 heterocycles. The van der Waals surface area contributed by atoms with E-state index < -0.39 is 0 Å². The van der Waals surface area contributed by atoms with Crippen molar-refractivity contribution in [1.82, 2.24) is 9.80 Å². The fourth-order valence-corrected chi connectivity index (χ4v) is 5.39. The Hall–Kier alpha value is -2.65. The van der Waals surface area contributed by atoms with Gasteiger partial charge in [-0.05, 0) is 50.8 Å². The highest BCUT2D eigenvalue weighted by Crippen LogP contribution is 2.39. The van der Waals surface area contributed by atoms with E-state index in [1.807, 2.05) is 11.8 Å². The number of furan rings is 1. The summed E-state index contributed by atoms with van der Waals surface area (Å²) in [5.74, 6) is 0.412. The molecule has 0 saturated carbocycles. The van der Waals surface area contributed by atoms with Crippen molar-refractivity contribution in [2.75, 3.05) is 44.6 Å². The van der Waals surface area contributed by atoms with Crippen LogP contribution in [-0.4, -0.2) is 66.9 Å². The highest BCUT2D eigenvalue weighted by atomic mass is 32.1. The van der Waals surface area contributed by atoms with E-state index in [9.17, 15) is 14.4 Å². The number of nitrogens with one attached hydrogen (secondary N) is 1. The van der Waals surface area contributed by atoms with Gasteiger partial charge in [0.05, 0.1) is 18.7 Å². The number of nitrogens with zero attached hydrogens (tertiary/aromatic N) is 2. The SMILES string of the molecule is CCOC(=O)c1c(NC(=O)CN2CCN(C(=O)c3ccc(C)o3)CC2)sc2c1CCC2. The van der Waals surface area contributed by atoms with Crippen molar-refractivity contribution in [1.29, 1.82) is 0 Å². The Morgan fingerprint density at radius 2 is 1.94 bits per heavy atom. The molecular weight excluding hydrogens is 418 g/mol. The van der Waals surface area contributed by atoms with E-state index in [0.717, 1.165) is 24.8 Å². The van der Waals surface area contributed by atoms with Crippen LogP contribution in [0.5, 0.6) is 0 Å². The van der Waals surface area contributed by atoms with Gasteiger partial charge in [-0.2, -0.15) is 0 Å². The van der Waals surface area contributed by atoms with Gasteiger partial charge >= 0.3 is 5.97 Å². The molecule has 1 aliphatic carbocycles. The van der Waals surface area contributed by atoms with E-state index in [1.54, 1.807) is 24.0 Å². The molecule has 1 saturated heterocycles. The summed E-state index contributed by atoms with van der Waals surface area (Å²) in [6.07, 6.45) is 2.82. The standard InChI is InChI=1S/C22H27N3O5S/c1-3-29-22(28)19-15-5-4-6-17(15)31-20(19)23-18(26)13-24-9-11-25(12-10-24)21(27)16-8-7-14(2)30-16/h7-8H,3-6,9-13H2,1-2H3,(H,23,26). The highest BCUT2D eigenvalue weighted by molar-refractivity contribution is 7.17. The zero-order valence-electron chi connectivity index (χ0n) is 17.9. The first-order valence-corrected chi connectivity index (χ1v) is 11.5. The molecule has 2 aromatic heterocycles. The number of thiophene rings is 1. The lowest BCUT2D eigenvalue weighted by Crippen LogP contribution is -2.50. The summed E-state index contributed by atoms with van der Waals surface area (Å²) in [5, 5.41) is 3.52. The van der Waals surface area contributed by atoms with Crippen LogP contribution in [0.1, 0.15) is 50.5 Å². The molecule has 4 rings (SSSR count). The van der Waals surface area contributed by atoms with Crippen molar-refractivity contribution in [2.45, 2.75) is 33.1 Å². The molecular formula is C22H27N3O5S. The molecule has 0 bridgehead atoms. The molecule has 0 atom stereocenters. The van der Waals surface area contributed by atoms with Crippen LogP contribution in [-0.2, 0) is 22.4 Å². The highest BCUT2D eigenvalue weighted by Gasteiger charge is 2.29. The predicted molar refractivity (Wildman–Crippen MR) is 117 cm³/mol. The maximum Gasteiger partial charge on any atom is 0.341 e. The molecule has 166 valence electrons. The number of anilines is 1. The lowest BCUT2D eigenvalue weighted by atomic mass is 10.1. The Balaban J connectivity index is 1.33. The summed E-state index contributed by atoms with van der Waals surface area (Å²) in [7, 11) is 0. The summed E-state index contributed by atoms with van der Waals surface area (Å²) in [5.41, 5.74) is 1.55. The number of hydrogen-bond donors (Lipinski definition) is 1. The molecule has 0 unspecified atom stereocenters. The van der Waals surface area contributed by atoms with E-state index in [-0.39, 0.29) is 24.3 Å². The minimum absolute atomic E-state index is 0.121. The molecule has 0 radical (unpaired) electrons. The van der Waals surface area contributed by atoms with Crippen molar-refractivity contribution in [3.05, 3.63) is 39.7 Å². The number of ether oxygens (including phenoxy) is 1. The summed E-state index contributed by atoms with van der Waals surface area (Å²) in [6.45, 7) is 6.38. The topological polar surface area (TPSA) is 92.1 Å². The smallest absolute Gasteiger partial charge is 0.341 e. The van der Waals surface area contributed by atoms with E-state index in [1.165, 1.54) is 16.2 Å². The van der Waals surface area contributed by atoms with E-state index in [2.05, 4.69) is 5.32 Å². The lowest BCUT2D eigenvalue weighted by molar-refractivity contribution is -0.117. The number of carbonyl (C=O) groups excluding carboxylic acids is 3. The van der Waals surface area contributed by atoms with E-state index in [4.69, 9.17) is 9.15 Å². The summed E-state index contributed by atoms with van der Waals surface area (Å²) < 4.78 is 10.6. The molecule has 2 aliphatic rings. The van der Waals surface area contributed by atoms with Crippen LogP contribution >= 0.6 is 11.3 Å². The summed E-state index contributed by atoms with van der Waals surface area (Å²) in [4.78, 5) is 42.6. The van der Waals surface area contributed by atoms with Gasteiger partial charge in [0.1, 0.15) is 10.8 Å². The molecule has 0 spiro atoms. The van der Waals surface area contributed by atoms with Crippen molar-refractivity contribution in [3.8, 4) is 0 Å². The molecule has 2 aromatic rings. The van der Waals surface area contributed by atoms with Gasteiger partial charge in [0.2, 0.25) is 5.91 Å². The first-order chi connectivity index (χ1) is 15.0. The first-order valence-electron chi connectivity index (χ1n) is 10.7. The second-order valence-corrected chi connectivity index (χ2v) is 8.91. The van der Waals surface area contributed by atoms with E-state index >= 15 is 0 Å². The van der Waals surface area contributed by atoms with Crippen molar-refractivity contribution >= 4 is 34.1 Å². The van der Waals surface area contributed by atoms with Gasteiger partial charge in [0, 0.05) is 31.1 Å². The maximum absolute atomic E-state index is 12.7. The first kappa shape index (κ1) is 21.6. The number of hydrogen-bond acceptors (Lipinski definition) is 7. The third-order valence-electron chi connectivity index (χ3n) is 5.63. The minimum atomic E-state index is -0.363. The average molecular weight is 446 g/mol. The van der Waals surface area contributed by atoms with Gasteiger partial charge in [-0.1, -0.05) is 0 Å². The Bertz CT molecular complexity index is 987. The molecule has 9 heteroatoms. The number of piperazine rings is 1. The Morgan fingerprint density at radius 3 is 2.61 bits per heavy atom. The van der Waals surface area contributed by atoms with Crippen LogP contribution in [0.25, 0.3) is 0 Å². The van der Waals surface area contributed by atoms with Crippen LogP contribution in [0.3, 0.4) is 0 Å². The summed E-state index contributed by atoms with van der Waals surface area (Å²) >= 11 is 1.48. The van der Waals surface area contributed by atoms with E-state index in [0.29, 0.717) is 54.9 Å². The van der Waals surface area contributed by atoms with Crippen LogP contribution in [0, 0.1) is 6.92 Å². The third kappa shape index (κ3) is 4.67. The number of fused-ring (bicyclic) bond motifs is 1. The predicted octanol–water partition coefficient (Wildman–Crippen LogP) is 2.71. The molecule has 1 aliphatic heterocycles. The molecule has 0 aromatic carbocycles. The zero-order valence-corrected chi connectivity index (χ0v) is 18.7. The Morgan fingerprint density at radius 1 is 1.16 bits per heavy atom. The monoisotopic (exact) mass is 445 g/mol. The molecule has 1 fully saturated rings. The molecule has 31 heavy (non-hydrogen) atoms. The second kappa shape index (κ2) is 9.23. The fraction of sp³-hybridized carbons (Fsp3) is 0.500. The average Bonchev–Trinajstić information content (AvgIpc) is 3.44. The Labute approximate surface area is 185 Å². The number of carbonyl (C=O) groups is 3. The zero-order chi connectivity index (χ0) is 22.0.